The summed E-state index contributed by atoms with van der Waals surface area (Å²) in [5.41, 5.74) is -0.918. The van der Waals surface area contributed by atoms with Crippen molar-refractivity contribution in [3.05, 3.63) is 0 Å². The Balaban J connectivity index is 1.91. The molecule has 146 valence electrons. The number of imide groups is 1. The van der Waals surface area contributed by atoms with Gasteiger partial charge in [-0.25, -0.2) is 4.79 Å². The highest BCUT2D eigenvalue weighted by Crippen LogP contribution is 2.38. The van der Waals surface area contributed by atoms with Crippen LogP contribution in [0.15, 0.2) is 0 Å². The van der Waals surface area contributed by atoms with Gasteiger partial charge >= 0.3 is 12.0 Å². The van der Waals surface area contributed by atoms with Gasteiger partial charge in [-0.1, -0.05) is 19.8 Å². The quantitative estimate of drug-likeness (QED) is 0.376. The van der Waals surface area contributed by atoms with Gasteiger partial charge in [-0.2, -0.15) is 0 Å². The number of amides is 4. The third-order valence-electron chi connectivity index (χ3n) is 5.07. The molecule has 0 aromatic carbocycles. The van der Waals surface area contributed by atoms with Crippen molar-refractivity contribution in [2.75, 3.05) is 26.8 Å². The molecule has 2 N–H and O–H groups in total. The zero-order chi connectivity index (χ0) is 19.3. The number of nitrogens with one attached hydrogen (secondary N) is 2. The monoisotopic (exact) mass is 369 g/mol. The lowest BCUT2D eigenvalue weighted by Gasteiger charge is -2.36. The summed E-state index contributed by atoms with van der Waals surface area (Å²) in [6.45, 7) is 3.50. The SMILES string of the molecule is COCCNC(=O)[C@H](C)OC(=O)CN1C(=O)N[C@]2(CCCC[C@H]2C)C1=O. The molecular formula is C17H27N3O6. The predicted octanol–water partition coefficient (Wildman–Crippen LogP) is 0.181. The van der Waals surface area contributed by atoms with Crippen LogP contribution >= 0.6 is 0 Å². The summed E-state index contributed by atoms with van der Waals surface area (Å²) in [5, 5.41) is 5.32. The molecule has 9 nitrogen and oxygen atoms in total. The van der Waals surface area contributed by atoms with Gasteiger partial charge in [-0.05, 0) is 25.7 Å². The van der Waals surface area contributed by atoms with E-state index >= 15 is 0 Å². The van der Waals surface area contributed by atoms with Crippen LogP contribution in [0.2, 0.25) is 0 Å². The Morgan fingerprint density at radius 2 is 2.12 bits per heavy atom. The summed E-state index contributed by atoms with van der Waals surface area (Å²) in [6.07, 6.45) is 2.27. The highest BCUT2D eigenvalue weighted by atomic mass is 16.5. The van der Waals surface area contributed by atoms with E-state index in [4.69, 9.17) is 9.47 Å². The van der Waals surface area contributed by atoms with E-state index in [1.54, 1.807) is 0 Å². The smallest absolute Gasteiger partial charge is 0.327 e. The maximum Gasteiger partial charge on any atom is 0.327 e. The number of carbonyl (C=O) groups is 4. The Hall–Kier alpha value is -2.16. The Morgan fingerprint density at radius 1 is 1.38 bits per heavy atom. The molecule has 1 heterocycles. The molecule has 1 aliphatic heterocycles. The van der Waals surface area contributed by atoms with E-state index in [9.17, 15) is 19.2 Å². The molecule has 3 atom stereocenters. The van der Waals surface area contributed by atoms with Crippen molar-refractivity contribution in [3.63, 3.8) is 0 Å². The van der Waals surface area contributed by atoms with Crippen molar-refractivity contribution in [1.82, 2.24) is 15.5 Å². The highest BCUT2D eigenvalue weighted by molar-refractivity contribution is 6.09. The molecule has 1 aliphatic carbocycles. The first-order chi connectivity index (χ1) is 12.3. The Bertz CT molecular complexity index is 581. The Kier molecular flexibility index (Phi) is 6.57. The molecule has 1 saturated carbocycles. The molecular weight excluding hydrogens is 342 g/mol. The zero-order valence-corrected chi connectivity index (χ0v) is 15.5. The minimum atomic E-state index is -1.03. The fraction of sp³-hybridized carbons (Fsp3) is 0.765. The van der Waals surface area contributed by atoms with Crippen LogP contribution in [-0.4, -0.2) is 67.2 Å². The van der Waals surface area contributed by atoms with Crippen LogP contribution < -0.4 is 10.6 Å². The van der Waals surface area contributed by atoms with Gasteiger partial charge in [0, 0.05) is 13.7 Å². The van der Waals surface area contributed by atoms with E-state index in [1.165, 1.54) is 14.0 Å². The van der Waals surface area contributed by atoms with E-state index < -0.39 is 36.1 Å². The molecule has 2 rings (SSSR count). The molecule has 0 radical (unpaired) electrons. The van der Waals surface area contributed by atoms with Gasteiger partial charge in [0.1, 0.15) is 12.1 Å². The molecule has 2 fully saturated rings. The normalized spacial score (nSPS) is 26.6. The molecule has 0 bridgehead atoms. The molecule has 26 heavy (non-hydrogen) atoms. The van der Waals surface area contributed by atoms with Gasteiger partial charge in [-0.15, -0.1) is 0 Å². The summed E-state index contributed by atoms with van der Waals surface area (Å²) in [5.74, 6) is -1.64. The number of ether oxygens (including phenoxy) is 2. The van der Waals surface area contributed by atoms with Crippen LogP contribution in [-0.2, 0) is 23.9 Å². The summed E-state index contributed by atoms with van der Waals surface area (Å²) in [7, 11) is 1.51. The average molecular weight is 369 g/mol. The Morgan fingerprint density at radius 3 is 2.77 bits per heavy atom. The standard InChI is InChI=1S/C17H27N3O6/c1-11-6-4-5-7-17(11)15(23)20(16(24)19-17)10-13(21)26-12(2)14(22)18-8-9-25-3/h11-12H,4-10H2,1-3H3,(H,18,22)(H,19,24)/t11-,12+,17+/m1/s1. The van der Waals surface area contributed by atoms with E-state index in [1.807, 2.05) is 6.92 Å². The molecule has 9 heteroatoms. The first-order valence-electron chi connectivity index (χ1n) is 8.92. The van der Waals surface area contributed by atoms with Crippen LogP contribution in [0, 0.1) is 5.92 Å². The average Bonchev–Trinajstić information content (AvgIpc) is 2.82. The van der Waals surface area contributed by atoms with Crippen LogP contribution in [0.1, 0.15) is 39.5 Å². The van der Waals surface area contributed by atoms with E-state index in [-0.39, 0.29) is 11.8 Å². The number of urea groups is 1. The van der Waals surface area contributed by atoms with Crippen molar-refractivity contribution < 1.29 is 28.7 Å². The maximum absolute atomic E-state index is 12.8. The lowest BCUT2D eigenvalue weighted by Crippen LogP contribution is -2.54. The lowest BCUT2D eigenvalue weighted by atomic mass is 9.73. The topological polar surface area (TPSA) is 114 Å². The van der Waals surface area contributed by atoms with Crippen LogP contribution in [0.4, 0.5) is 4.79 Å². The van der Waals surface area contributed by atoms with E-state index in [2.05, 4.69) is 10.6 Å². The van der Waals surface area contributed by atoms with Crippen molar-refractivity contribution in [1.29, 1.82) is 0 Å². The second-order valence-corrected chi connectivity index (χ2v) is 6.86. The van der Waals surface area contributed by atoms with Crippen molar-refractivity contribution in [2.45, 2.75) is 51.2 Å². The van der Waals surface area contributed by atoms with E-state index in [0.717, 1.165) is 24.2 Å². The van der Waals surface area contributed by atoms with Crippen molar-refractivity contribution in [3.8, 4) is 0 Å². The minimum absolute atomic E-state index is 0.0132. The molecule has 0 aromatic rings. The summed E-state index contributed by atoms with van der Waals surface area (Å²) >= 11 is 0. The largest absolute Gasteiger partial charge is 0.451 e. The van der Waals surface area contributed by atoms with Crippen molar-refractivity contribution in [2.24, 2.45) is 5.92 Å². The summed E-state index contributed by atoms with van der Waals surface area (Å²) in [4.78, 5) is 49.8. The van der Waals surface area contributed by atoms with Gasteiger partial charge in [-0.3, -0.25) is 19.3 Å². The Labute approximate surface area is 152 Å². The number of carbonyl (C=O) groups excluding carboxylic acids is 4. The second kappa shape index (κ2) is 8.48. The summed E-state index contributed by atoms with van der Waals surface area (Å²) in [6, 6.07) is -0.585. The molecule has 4 amide bonds. The number of methoxy groups -OCH3 is 1. The molecule has 1 saturated heterocycles. The number of hydrogen-bond acceptors (Lipinski definition) is 6. The number of esters is 1. The van der Waals surface area contributed by atoms with Gasteiger partial charge < -0.3 is 20.1 Å². The highest BCUT2D eigenvalue weighted by Gasteiger charge is 2.55. The molecule has 2 aliphatic rings. The zero-order valence-electron chi connectivity index (χ0n) is 15.5. The van der Waals surface area contributed by atoms with Crippen molar-refractivity contribution >= 4 is 23.8 Å². The fourth-order valence-electron chi connectivity index (χ4n) is 3.48. The number of rotatable bonds is 7. The maximum atomic E-state index is 12.8. The first-order valence-corrected chi connectivity index (χ1v) is 8.92. The van der Waals surface area contributed by atoms with Gasteiger partial charge in [0.15, 0.2) is 6.10 Å². The molecule has 0 aromatic heterocycles. The number of hydrogen-bond donors (Lipinski definition) is 2. The minimum Gasteiger partial charge on any atom is -0.451 e. The van der Waals surface area contributed by atoms with E-state index in [0.29, 0.717) is 19.6 Å². The fourth-order valence-corrected chi connectivity index (χ4v) is 3.48. The van der Waals surface area contributed by atoms with Gasteiger partial charge in [0.2, 0.25) is 0 Å². The summed E-state index contributed by atoms with van der Waals surface area (Å²) < 4.78 is 9.86. The lowest BCUT2D eigenvalue weighted by molar-refractivity contribution is -0.157. The van der Waals surface area contributed by atoms with Gasteiger partial charge in [0.05, 0.1) is 6.61 Å². The third kappa shape index (κ3) is 4.14. The predicted molar refractivity (Wildman–Crippen MR) is 91.0 cm³/mol. The second-order valence-electron chi connectivity index (χ2n) is 6.86. The van der Waals surface area contributed by atoms with Crippen LogP contribution in [0.25, 0.3) is 0 Å². The van der Waals surface area contributed by atoms with Crippen LogP contribution in [0.5, 0.6) is 0 Å². The number of nitrogens with zero attached hydrogens (tertiary/aromatic N) is 1. The third-order valence-corrected chi connectivity index (χ3v) is 5.07. The molecule has 0 unspecified atom stereocenters. The van der Waals surface area contributed by atoms with Crippen LogP contribution in [0.3, 0.4) is 0 Å². The first kappa shape index (κ1) is 20.2. The van der Waals surface area contributed by atoms with Gasteiger partial charge in [0.25, 0.3) is 11.8 Å². The molecule has 1 spiro atoms.